The van der Waals surface area contributed by atoms with Crippen LogP contribution in [0.4, 0.5) is 0 Å². The molecule has 0 aromatic heterocycles. The maximum atomic E-state index is 10.6. The fourth-order valence-electron chi connectivity index (χ4n) is 1.72. The number of ether oxygens (including phenoxy) is 1. The first-order chi connectivity index (χ1) is 9.95. The Labute approximate surface area is 144 Å². The van der Waals surface area contributed by atoms with Gasteiger partial charge in [0.2, 0.25) is 0 Å². The van der Waals surface area contributed by atoms with Gasteiger partial charge in [0.05, 0.1) is 0 Å². The molecule has 0 bridgehead atoms. The number of halogens is 2. The highest BCUT2D eigenvalue weighted by Gasteiger charge is 2.09. The Morgan fingerprint density at radius 1 is 1.24 bits per heavy atom. The van der Waals surface area contributed by atoms with Gasteiger partial charge in [-0.3, -0.25) is 0 Å². The predicted octanol–water partition coefficient (Wildman–Crippen LogP) is 5.13. The molecule has 0 radical (unpaired) electrons. The van der Waals surface area contributed by atoms with Gasteiger partial charge in [-0.2, -0.15) is 0 Å². The van der Waals surface area contributed by atoms with Gasteiger partial charge in [0.1, 0.15) is 5.75 Å². The van der Waals surface area contributed by atoms with E-state index in [-0.39, 0.29) is 6.61 Å². The Kier molecular flexibility index (Phi) is 5.72. The number of hydrogen-bond donors (Lipinski definition) is 1. The summed E-state index contributed by atoms with van der Waals surface area (Å²) in [5, 5.41) is 8.69. The highest BCUT2D eigenvalue weighted by Crippen LogP contribution is 2.36. The molecule has 0 unspecified atom stereocenters. The minimum Gasteiger partial charge on any atom is -0.482 e. The summed E-state index contributed by atoms with van der Waals surface area (Å²) >= 11 is 8.54. The van der Waals surface area contributed by atoms with Crippen LogP contribution in [0.3, 0.4) is 0 Å². The Balaban J connectivity index is 2.23. The first kappa shape index (κ1) is 16.4. The third kappa shape index (κ3) is 4.76. The maximum absolute atomic E-state index is 10.6. The van der Waals surface area contributed by atoms with Crippen molar-refractivity contribution in [2.45, 2.75) is 16.7 Å². The zero-order chi connectivity index (χ0) is 15.4. The molecular weight excluding hydrogens is 420 g/mol. The van der Waals surface area contributed by atoms with Gasteiger partial charge in [0, 0.05) is 24.3 Å². The fourth-order valence-corrected chi connectivity index (χ4v) is 4.34. The van der Waals surface area contributed by atoms with Gasteiger partial charge in [0.15, 0.2) is 6.61 Å². The minimum atomic E-state index is -0.983. The minimum absolute atomic E-state index is 0.336. The van der Waals surface area contributed by atoms with Gasteiger partial charge in [-0.1, -0.05) is 49.7 Å². The molecule has 110 valence electrons. The molecule has 0 spiro atoms. The van der Waals surface area contributed by atoms with Crippen molar-refractivity contribution in [3.63, 3.8) is 0 Å². The molecular formula is C15H12Br2O3S. The average Bonchev–Trinajstić information content (AvgIpc) is 2.38. The standard InChI is InChI=1S/C15H12Br2O3S/c1-9-13(20-8-15(18)19)3-2-4-14(9)21-12-6-10(16)5-11(17)7-12/h2-7H,8H2,1H3,(H,18,19). The molecule has 0 aliphatic rings. The predicted molar refractivity (Wildman–Crippen MR) is 90.3 cm³/mol. The Bertz CT molecular complexity index is 654. The molecule has 3 nitrogen and oxygen atoms in total. The second kappa shape index (κ2) is 7.33. The van der Waals surface area contributed by atoms with Crippen molar-refractivity contribution in [2.75, 3.05) is 6.61 Å². The smallest absolute Gasteiger partial charge is 0.341 e. The van der Waals surface area contributed by atoms with Gasteiger partial charge < -0.3 is 9.84 Å². The molecule has 0 amide bonds. The lowest BCUT2D eigenvalue weighted by Gasteiger charge is -2.11. The number of aliphatic carboxylic acids is 1. The molecule has 0 aliphatic heterocycles. The van der Waals surface area contributed by atoms with Crippen LogP contribution in [0.1, 0.15) is 5.56 Å². The van der Waals surface area contributed by atoms with E-state index in [1.165, 1.54) is 0 Å². The summed E-state index contributed by atoms with van der Waals surface area (Å²) in [7, 11) is 0. The average molecular weight is 432 g/mol. The van der Waals surface area contributed by atoms with E-state index in [1.54, 1.807) is 17.8 Å². The monoisotopic (exact) mass is 430 g/mol. The van der Waals surface area contributed by atoms with Crippen molar-refractivity contribution in [2.24, 2.45) is 0 Å². The van der Waals surface area contributed by atoms with Crippen molar-refractivity contribution in [1.82, 2.24) is 0 Å². The lowest BCUT2D eigenvalue weighted by molar-refractivity contribution is -0.139. The number of carbonyl (C=O) groups is 1. The topological polar surface area (TPSA) is 46.5 Å². The van der Waals surface area contributed by atoms with Crippen LogP contribution in [0.2, 0.25) is 0 Å². The second-order valence-electron chi connectivity index (χ2n) is 4.27. The number of carboxylic acids is 1. The van der Waals surface area contributed by atoms with Gasteiger partial charge >= 0.3 is 5.97 Å². The highest BCUT2D eigenvalue weighted by atomic mass is 79.9. The first-order valence-corrected chi connectivity index (χ1v) is 8.44. The van der Waals surface area contributed by atoms with Crippen LogP contribution in [0.5, 0.6) is 5.75 Å². The highest BCUT2D eigenvalue weighted by molar-refractivity contribution is 9.11. The maximum Gasteiger partial charge on any atom is 0.341 e. The van der Waals surface area contributed by atoms with E-state index >= 15 is 0 Å². The van der Waals surface area contributed by atoms with Crippen LogP contribution in [0.25, 0.3) is 0 Å². The van der Waals surface area contributed by atoms with E-state index in [2.05, 4.69) is 31.9 Å². The van der Waals surface area contributed by atoms with E-state index < -0.39 is 5.97 Å². The van der Waals surface area contributed by atoms with Crippen molar-refractivity contribution in [1.29, 1.82) is 0 Å². The molecule has 6 heteroatoms. The lowest BCUT2D eigenvalue weighted by Crippen LogP contribution is -2.10. The van der Waals surface area contributed by atoms with Crippen molar-refractivity contribution in [3.8, 4) is 5.75 Å². The molecule has 0 saturated heterocycles. The summed E-state index contributed by atoms with van der Waals surface area (Å²) < 4.78 is 7.28. The number of rotatable bonds is 5. The van der Waals surface area contributed by atoms with Crippen molar-refractivity contribution in [3.05, 3.63) is 50.9 Å². The van der Waals surface area contributed by atoms with E-state index in [9.17, 15) is 4.79 Å². The summed E-state index contributed by atoms with van der Waals surface area (Å²) in [4.78, 5) is 12.7. The molecule has 0 heterocycles. The van der Waals surface area contributed by atoms with Crippen molar-refractivity contribution < 1.29 is 14.6 Å². The number of benzene rings is 2. The van der Waals surface area contributed by atoms with Gasteiger partial charge in [-0.15, -0.1) is 0 Å². The SMILES string of the molecule is Cc1c(OCC(=O)O)cccc1Sc1cc(Br)cc(Br)c1. The van der Waals surface area contributed by atoms with Gasteiger partial charge in [-0.05, 0) is 37.3 Å². The second-order valence-corrected chi connectivity index (χ2v) is 7.22. The molecule has 0 aliphatic carbocycles. The molecule has 2 aromatic rings. The third-order valence-electron chi connectivity index (χ3n) is 2.65. The van der Waals surface area contributed by atoms with Crippen LogP contribution in [-0.2, 0) is 4.79 Å². The fraction of sp³-hybridized carbons (Fsp3) is 0.133. The zero-order valence-corrected chi connectivity index (χ0v) is 15.1. The Morgan fingerprint density at radius 3 is 2.52 bits per heavy atom. The molecule has 0 atom stereocenters. The van der Waals surface area contributed by atoms with Crippen LogP contribution < -0.4 is 4.74 Å². The summed E-state index contributed by atoms with van der Waals surface area (Å²) in [5.74, 6) is -0.389. The molecule has 0 saturated carbocycles. The molecule has 2 rings (SSSR count). The van der Waals surface area contributed by atoms with Gasteiger partial charge in [0.25, 0.3) is 0 Å². The molecule has 2 aromatic carbocycles. The first-order valence-electron chi connectivity index (χ1n) is 6.04. The molecule has 1 N–H and O–H groups in total. The molecule has 21 heavy (non-hydrogen) atoms. The lowest BCUT2D eigenvalue weighted by atomic mass is 10.2. The van der Waals surface area contributed by atoms with E-state index in [4.69, 9.17) is 9.84 Å². The Hall–Kier alpha value is -0.980. The number of hydrogen-bond acceptors (Lipinski definition) is 3. The summed E-state index contributed by atoms with van der Waals surface area (Å²) in [6.45, 7) is 1.59. The normalized spacial score (nSPS) is 10.4. The third-order valence-corrected chi connectivity index (χ3v) is 4.70. The molecule has 0 fully saturated rings. The summed E-state index contributed by atoms with van der Waals surface area (Å²) in [5.41, 5.74) is 0.930. The van der Waals surface area contributed by atoms with E-state index in [1.807, 2.05) is 37.3 Å². The largest absolute Gasteiger partial charge is 0.482 e. The van der Waals surface area contributed by atoms with E-state index in [0.717, 1.165) is 24.3 Å². The zero-order valence-electron chi connectivity index (χ0n) is 11.1. The van der Waals surface area contributed by atoms with Gasteiger partial charge in [-0.25, -0.2) is 4.79 Å². The quantitative estimate of drug-likeness (QED) is 0.712. The van der Waals surface area contributed by atoms with Crippen LogP contribution >= 0.6 is 43.6 Å². The Morgan fingerprint density at radius 2 is 1.90 bits per heavy atom. The van der Waals surface area contributed by atoms with Crippen LogP contribution in [-0.4, -0.2) is 17.7 Å². The summed E-state index contributed by atoms with van der Waals surface area (Å²) in [6.07, 6.45) is 0. The summed E-state index contributed by atoms with van der Waals surface area (Å²) in [6, 6.07) is 11.7. The van der Waals surface area contributed by atoms with E-state index in [0.29, 0.717) is 5.75 Å². The number of carboxylic acid groups (broad SMARTS) is 1. The van der Waals surface area contributed by atoms with Crippen LogP contribution in [0.15, 0.2) is 55.1 Å². The van der Waals surface area contributed by atoms with Crippen molar-refractivity contribution >= 4 is 49.6 Å². The van der Waals surface area contributed by atoms with Crippen LogP contribution in [0, 0.1) is 6.92 Å².